The van der Waals surface area contributed by atoms with Crippen LogP contribution in [0.3, 0.4) is 0 Å². The third-order valence-corrected chi connectivity index (χ3v) is 4.73. The van der Waals surface area contributed by atoms with Crippen molar-refractivity contribution in [3.8, 4) is 5.75 Å². The number of nitrogens with one attached hydrogen (secondary N) is 2. The average molecular weight is 398 g/mol. The van der Waals surface area contributed by atoms with E-state index in [0.717, 1.165) is 12.8 Å². The van der Waals surface area contributed by atoms with E-state index < -0.39 is 0 Å². The van der Waals surface area contributed by atoms with Gasteiger partial charge in [-0.2, -0.15) is 0 Å². The number of nitrogens with zero attached hydrogens (tertiary/aromatic N) is 2. The molecule has 2 heterocycles. The highest BCUT2D eigenvalue weighted by molar-refractivity contribution is 6.04. The molecule has 1 aromatic carbocycles. The Kier molecular flexibility index (Phi) is 6.89. The fraction of sp³-hybridized carbons (Fsp3) is 0.381. The number of rotatable bonds is 6. The van der Waals surface area contributed by atoms with Crippen LogP contribution in [0.5, 0.6) is 5.75 Å². The fourth-order valence-electron chi connectivity index (χ4n) is 3.15. The number of carbonyl (C=O) groups is 2. The fourth-order valence-corrected chi connectivity index (χ4v) is 3.15. The molecule has 29 heavy (non-hydrogen) atoms. The molecule has 3 rings (SSSR count). The molecule has 1 aliphatic heterocycles. The van der Waals surface area contributed by atoms with Crippen LogP contribution in [0, 0.1) is 0 Å². The van der Waals surface area contributed by atoms with Crippen LogP contribution in [0.25, 0.3) is 0 Å². The molecule has 1 fully saturated rings. The highest BCUT2D eigenvalue weighted by Gasteiger charge is 2.23. The summed E-state index contributed by atoms with van der Waals surface area (Å²) in [4.78, 5) is 30.2. The second kappa shape index (κ2) is 9.77. The molecule has 154 valence electrons. The van der Waals surface area contributed by atoms with Gasteiger partial charge < -0.3 is 25.0 Å². The quantitative estimate of drug-likeness (QED) is 0.775. The SMILES string of the molecule is CCOC(=O)N1CCC(Nc2ccc(C(=O)Nc3cccc(OC)c3)cn2)CC1. The molecular weight excluding hydrogens is 372 g/mol. The number of pyridine rings is 1. The smallest absolute Gasteiger partial charge is 0.409 e. The predicted octanol–water partition coefficient (Wildman–Crippen LogP) is 3.38. The summed E-state index contributed by atoms with van der Waals surface area (Å²) in [6.45, 7) is 3.49. The molecule has 2 amide bonds. The standard InChI is InChI=1S/C21H26N4O4/c1-3-29-21(27)25-11-9-16(10-12-25)23-19-8-7-15(14-22-19)20(26)24-17-5-4-6-18(13-17)28-2/h4-8,13-14,16H,3,9-12H2,1-2H3,(H,22,23)(H,24,26). The van der Waals surface area contributed by atoms with Crippen LogP contribution in [-0.4, -0.2) is 54.7 Å². The van der Waals surface area contributed by atoms with E-state index in [1.807, 2.05) is 12.1 Å². The van der Waals surface area contributed by atoms with E-state index in [2.05, 4.69) is 15.6 Å². The molecule has 2 N–H and O–H groups in total. The van der Waals surface area contributed by atoms with Crippen LogP contribution >= 0.6 is 0 Å². The molecule has 0 saturated carbocycles. The first-order valence-corrected chi connectivity index (χ1v) is 9.68. The lowest BCUT2D eigenvalue weighted by Gasteiger charge is -2.31. The van der Waals surface area contributed by atoms with Crippen molar-refractivity contribution in [1.29, 1.82) is 0 Å². The predicted molar refractivity (Wildman–Crippen MR) is 110 cm³/mol. The van der Waals surface area contributed by atoms with Gasteiger partial charge in [0.05, 0.1) is 19.3 Å². The summed E-state index contributed by atoms with van der Waals surface area (Å²) in [5.41, 5.74) is 1.13. The van der Waals surface area contributed by atoms with E-state index in [1.165, 1.54) is 0 Å². The number of anilines is 2. The van der Waals surface area contributed by atoms with E-state index >= 15 is 0 Å². The Morgan fingerprint density at radius 1 is 1.21 bits per heavy atom. The Morgan fingerprint density at radius 3 is 2.66 bits per heavy atom. The van der Waals surface area contributed by atoms with Crippen LogP contribution in [-0.2, 0) is 4.74 Å². The van der Waals surface area contributed by atoms with Crippen LogP contribution < -0.4 is 15.4 Å². The summed E-state index contributed by atoms with van der Waals surface area (Å²) in [7, 11) is 1.58. The number of likely N-dealkylation sites (tertiary alicyclic amines) is 1. The Bertz CT molecular complexity index is 833. The second-order valence-electron chi connectivity index (χ2n) is 6.72. The molecule has 0 radical (unpaired) electrons. The minimum atomic E-state index is -0.254. The van der Waals surface area contributed by atoms with Crippen LogP contribution in [0.15, 0.2) is 42.6 Å². The van der Waals surface area contributed by atoms with Gasteiger partial charge in [0, 0.05) is 37.1 Å². The maximum Gasteiger partial charge on any atom is 0.409 e. The molecule has 0 atom stereocenters. The van der Waals surface area contributed by atoms with Gasteiger partial charge in [-0.25, -0.2) is 9.78 Å². The molecule has 1 aromatic heterocycles. The molecule has 8 nitrogen and oxygen atoms in total. The highest BCUT2D eigenvalue weighted by Crippen LogP contribution is 2.19. The van der Waals surface area contributed by atoms with Gasteiger partial charge in [0.2, 0.25) is 0 Å². The van der Waals surface area contributed by atoms with Crippen molar-refractivity contribution in [3.63, 3.8) is 0 Å². The second-order valence-corrected chi connectivity index (χ2v) is 6.72. The lowest BCUT2D eigenvalue weighted by molar-refractivity contribution is 0.0982. The third kappa shape index (κ3) is 5.60. The van der Waals surface area contributed by atoms with Gasteiger partial charge in [-0.3, -0.25) is 4.79 Å². The minimum Gasteiger partial charge on any atom is -0.497 e. The maximum absolute atomic E-state index is 12.4. The molecule has 8 heteroatoms. The summed E-state index contributed by atoms with van der Waals surface area (Å²) >= 11 is 0. The Labute approximate surface area is 170 Å². The molecule has 0 bridgehead atoms. The first-order chi connectivity index (χ1) is 14.1. The van der Waals surface area contributed by atoms with Gasteiger partial charge in [-0.15, -0.1) is 0 Å². The van der Waals surface area contributed by atoms with E-state index in [0.29, 0.717) is 42.5 Å². The third-order valence-electron chi connectivity index (χ3n) is 4.73. The molecule has 1 saturated heterocycles. The number of aromatic nitrogens is 1. The topological polar surface area (TPSA) is 92.8 Å². The van der Waals surface area contributed by atoms with Crippen molar-refractivity contribution in [2.75, 3.05) is 37.4 Å². The van der Waals surface area contributed by atoms with E-state index in [1.54, 1.807) is 49.4 Å². The molecule has 2 aromatic rings. The first-order valence-electron chi connectivity index (χ1n) is 9.68. The number of benzene rings is 1. The van der Waals surface area contributed by atoms with Crippen LogP contribution in [0.4, 0.5) is 16.3 Å². The molecule has 0 unspecified atom stereocenters. The van der Waals surface area contributed by atoms with E-state index in [9.17, 15) is 9.59 Å². The lowest BCUT2D eigenvalue weighted by atomic mass is 10.1. The van der Waals surface area contributed by atoms with Gasteiger partial charge in [-0.05, 0) is 44.0 Å². The summed E-state index contributed by atoms with van der Waals surface area (Å²) < 4.78 is 10.2. The van der Waals surface area contributed by atoms with Crippen molar-refractivity contribution in [2.45, 2.75) is 25.8 Å². The molecule has 1 aliphatic rings. The number of methoxy groups -OCH3 is 1. The number of hydrogen-bond donors (Lipinski definition) is 2. The number of piperidine rings is 1. The highest BCUT2D eigenvalue weighted by atomic mass is 16.6. The summed E-state index contributed by atoms with van der Waals surface area (Å²) in [5.74, 6) is 1.15. The van der Waals surface area contributed by atoms with Crippen molar-refractivity contribution in [1.82, 2.24) is 9.88 Å². The summed E-state index contributed by atoms with van der Waals surface area (Å²) in [6.07, 6.45) is 2.93. The van der Waals surface area contributed by atoms with Crippen LogP contribution in [0.1, 0.15) is 30.1 Å². The Hall–Kier alpha value is -3.29. The molecule has 0 aliphatic carbocycles. The zero-order chi connectivity index (χ0) is 20.6. The van der Waals surface area contributed by atoms with Gasteiger partial charge in [-0.1, -0.05) is 6.07 Å². The van der Waals surface area contributed by atoms with Crippen LogP contribution in [0.2, 0.25) is 0 Å². The zero-order valence-electron chi connectivity index (χ0n) is 16.7. The number of hydrogen-bond acceptors (Lipinski definition) is 6. The van der Waals surface area contributed by atoms with E-state index in [-0.39, 0.29) is 18.0 Å². The maximum atomic E-state index is 12.4. The first kappa shape index (κ1) is 20.4. The lowest BCUT2D eigenvalue weighted by Crippen LogP contribution is -2.42. The monoisotopic (exact) mass is 398 g/mol. The van der Waals surface area contributed by atoms with Crippen molar-refractivity contribution in [2.24, 2.45) is 0 Å². The number of ether oxygens (including phenoxy) is 2. The van der Waals surface area contributed by atoms with Crippen molar-refractivity contribution < 1.29 is 19.1 Å². The average Bonchev–Trinajstić information content (AvgIpc) is 2.75. The summed E-state index contributed by atoms with van der Waals surface area (Å²) in [6, 6.07) is 10.9. The molecular formula is C21H26N4O4. The summed E-state index contributed by atoms with van der Waals surface area (Å²) in [5, 5.41) is 6.20. The normalized spacial score (nSPS) is 14.2. The van der Waals surface area contributed by atoms with Gasteiger partial charge in [0.1, 0.15) is 11.6 Å². The Morgan fingerprint density at radius 2 is 2.00 bits per heavy atom. The zero-order valence-corrected chi connectivity index (χ0v) is 16.7. The van der Waals surface area contributed by atoms with E-state index in [4.69, 9.17) is 9.47 Å². The van der Waals surface area contributed by atoms with Crippen molar-refractivity contribution in [3.05, 3.63) is 48.2 Å². The molecule has 0 spiro atoms. The Balaban J connectivity index is 1.51. The van der Waals surface area contributed by atoms with Gasteiger partial charge in [0.25, 0.3) is 5.91 Å². The van der Waals surface area contributed by atoms with Crippen molar-refractivity contribution >= 4 is 23.5 Å². The number of carbonyl (C=O) groups excluding carboxylic acids is 2. The van der Waals surface area contributed by atoms with Gasteiger partial charge in [0.15, 0.2) is 0 Å². The largest absolute Gasteiger partial charge is 0.497 e. The van der Waals surface area contributed by atoms with Gasteiger partial charge >= 0.3 is 6.09 Å². The minimum absolute atomic E-state index is 0.227. The number of amides is 2.